The molecule has 2 atom stereocenters. The third-order valence-electron chi connectivity index (χ3n) is 7.73. The Balaban J connectivity index is 1.69. The van der Waals surface area contributed by atoms with E-state index in [-0.39, 0.29) is 34.4 Å². The Morgan fingerprint density at radius 1 is 0.816 bits per heavy atom. The first-order chi connectivity index (χ1) is 17.8. The number of phenolic OH excluding ortho intramolecular Hbond substituents is 1. The molecule has 1 aliphatic heterocycles. The van der Waals surface area contributed by atoms with Gasteiger partial charge in [0.15, 0.2) is 5.78 Å². The van der Waals surface area contributed by atoms with Gasteiger partial charge in [0.2, 0.25) is 0 Å². The molecule has 0 bridgehead atoms. The van der Waals surface area contributed by atoms with Gasteiger partial charge >= 0.3 is 0 Å². The van der Waals surface area contributed by atoms with Crippen molar-refractivity contribution in [1.29, 1.82) is 0 Å². The summed E-state index contributed by atoms with van der Waals surface area (Å²) in [5, 5.41) is 18.6. The molecule has 0 saturated carbocycles. The number of Topliss-reactive ketones (excluding diaryl/α,β-unsaturated/α-hetero) is 1. The number of benzene rings is 3. The van der Waals surface area contributed by atoms with Crippen LogP contribution < -0.4 is 10.6 Å². The van der Waals surface area contributed by atoms with Crippen molar-refractivity contribution in [1.82, 2.24) is 0 Å². The van der Waals surface area contributed by atoms with E-state index in [2.05, 4.69) is 64.3 Å². The number of rotatable bonds is 2. The molecule has 2 aliphatic rings. The number of hydrogen-bond acceptors (Lipinski definition) is 4. The van der Waals surface area contributed by atoms with Crippen molar-refractivity contribution in [3.63, 3.8) is 0 Å². The molecular formula is C33H37FN2O2. The fourth-order valence-corrected chi connectivity index (χ4v) is 5.68. The van der Waals surface area contributed by atoms with Crippen LogP contribution >= 0.6 is 0 Å². The van der Waals surface area contributed by atoms with Gasteiger partial charge in [-0.15, -0.1) is 0 Å². The number of carbonyl (C=O) groups is 1. The monoisotopic (exact) mass is 512 g/mol. The second-order valence-electron chi connectivity index (χ2n) is 12.7. The molecule has 3 aromatic carbocycles. The zero-order valence-electron chi connectivity index (χ0n) is 23.1. The van der Waals surface area contributed by atoms with E-state index in [4.69, 9.17) is 0 Å². The van der Waals surface area contributed by atoms with E-state index in [9.17, 15) is 14.3 Å². The van der Waals surface area contributed by atoms with E-state index in [1.807, 2.05) is 24.3 Å². The van der Waals surface area contributed by atoms with Crippen molar-refractivity contribution >= 4 is 17.2 Å². The van der Waals surface area contributed by atoms with Crippen molar-refractivity contribution in [2.24, 2.45) is 0 Å². The number of carbonyl (C=O) groups excluding carboxylic acids is 1. The van der Waals surface area contributed by atoms with Gasteiger partial charge in [-0.3, -0.25) is 4.79 Å². The maximum atomic E-state index is 13.9. The molecule has 0 aromatic heterocycles. The predicted molar refractivity (Wildman–Crippen MR) is 152 cm³/mol. The maximum Gasteiger partial charge on any atom is 0.163 e. The number of halogens is 1. The molecule has 0 amide bonds. The second-order valence-corrected chi connectivity index (χ2v) is 12.7. The highest BCUT2D eigenvalue weighted by atomic mass is 19.1. The van der Waals surface area contributed by atoms with Gasteiger partial charge in [-0.1, -0.05) is 65.8 Å². The van der Waals surface area contributed by atoms with E-state index >= 15 is 0 Å². The lowest BCUT2D eigenvalue weighted by Gasteiger charge is -2.33. The molecule has 198 valence electrons. The van der Waals surface area contributed by atoms with Crippen molar-refractivity contribution in [3.05, 3.63) is 100 Å². The molecular weight excluding hydrogens is 475 g/mol. The standard InChI is InChI=1S/C33H37FN2O2/c1-32(2,3)23-15-21(16-24(31(23)38)33(4,5)6)30-29-27(35-25-9-7-8-10-26(25)36-30)17-20(18-28(29)37)19-11-13-22(34)14-12-19/h7-16,20,30,35-36,38H,17-18H2,1-6H3/t20-,30-/m0/s1. The van der Waals surface area contributed by atoms with Crippen molar-refractivity contribution in [2.45, 2.75) is 77.2 Å². The van der Waals surface area contributed by atoms with E-state index in [0.717, 1.165) is 44.9 Å². The van der Waals surface area contributed by atoms with Gasteiger partial charge in [0.1, 0.15) is 11.6 Å². The summed E-state index contributed by atoms with van der Waals surface area (Å²) in [5.74, 6) is 0.0797. The van der Waals surface area contributed by atoms with Crippen LogP contribution in [0.4, 0.5) is 15.8 Å². The summed E-state index contributed by atoms with van der Waals surface area (Å²) in [6.07, 6.45) is 1.01. The molecule has 0 saturated heterocycles. The summed E-state index contributed by atoms with van der Waals surface area (Å²) in [5.41, 5.74) is 6.52. The number of ketones is 1. The Morgan fingerprint density at radius 3 is 1.97 bits per heavy atom. The molecule has 5 heteroatoms. The first-order valence-electron chi connectivity index (χ1n) is 13.3. The lowest BCUT2D eigenvalue weighted by Crippen LogP contribution is -2.27. The normalized spacial score (nSPS) is 19.7. The van der Waals surface area contributed by atoms with Crippen LogP contribution in [0.2, 0.25) is 0 Å². The van der Waals surface area contributed by atoms with Gasteiger partial charge in [0.25, 0.3) is 0 Å². The van der Waals surface area contributed by atoms with Crippen molar-refractivity contribution in [3.8, 4) is 5.75 Å². The zero-order valence-corrected chi connectivity index (χ0v) is 23.1. The average molecular weight is 513 g/mol. The van der Waals surface area contributed by atoms with Crippen LogP contribution in [0.1, 0.15) is 88.6 Å². The minimum absolute atomic E-state index is 0.0321. The lowest BCUT2D eigenvalue weighted by atomic mass is 9.75. The van der Waals surface area contributed by atoms with Crippen LogP contribution in [0.25, 0.3) is 0 Å². The topological polar surface area (TPSA) is 61.4 Å². The van der Waals surface area contributed by atoms with Crippen LogP contribution in [0.15, 0.2) is 71.9 Å². The highest BCUT2D eigenvalue weighted by molar-refractivity contribution is 6.01. The number of anilines is 2. The molecule has 0 radical (unpaired) electrons. The highest BCUT2D eigenvalue weighted by Crippen LogP contribution is 2.47. The zero-order chi connectivity index (χ0) is 27.4. The van der Waals surface area contributed by atoms with Gasteiger partial charge in [-0.25, -0.2) is 4.39 Å². The van der Waals surface area contributed by atoms with Crippen LogP contribution in [0.5, 0.6) is 5.75 Å². The molecule has 4 nitrogen and oxygen atoms in total. The minimum atomic E-state index is -0.384. The third-order valence-corrected chi connectivity index (χ3v) is 7.73. The smallest absolute Gasteiger partial charge is 0.163 e. The lowest BCUT2D eigenvalue weighted by molar-refractivity contribution is -0.116. The molecule has 1 heterocycles. The Hall–Kier alpha value is -3.60. The minimum Gasteiger partial charge on any atom is -0.507 e. The summed E-state index contributed by atoms with van der Waals surface area (Å²) in [6, 6.07) is 18.2. The molecule has 0 unspecified atom stereocenters. The number of allylic oxidation sites excluding steroid dienone is 1. The Labute approximate surface area is 225 Å². The summed E-state index contributed by atoms with van der Waals surface area (Å²) in [4.78, 5) is 13.9. The van der Waals surface area contributed by atoms with Gasteiger partial charge < -0.3 is 15.7 Å². The SMILES string of the molecule is CC(C)(C)c1cc([C@@H]2Nc3ccccc3NC3=C2C(=O)C[C@@H](c2ccc(F)cc2)C3)cc(C(C)(C)C)c1O. The predicted octanol–water partition coefficient (Wildman–Crippen LogP) is 8.11. The summed E-state index contributed by atoms with van der Waals surface area (Å²) < 4.78 is 13.6. The quantitative estimate of drug-likeness (QED) is 0.325. The first kappa shape index (κ1) is 26.0. The van der Waals surface area contributed by atoms with Gasteiger partial charge in [-0.05, 0) is 81.8 Å². The number of hydrogen-bond donors (Lipinski definition) is 3. The van der Waals surface area contributed by atoms with E-state index in [0.29, 0.717) is 18.6 Å². The number of para-hydroxylation sites is 2. The largest absolute Gasteiger partial charge is 0.507 e. The van der Waals surface area contributed by atoms with E-state index < -0.39 is 0 Å². The van der Waals surface area contributed by atoms with Crippen LogP contribution in [0.3, 0.4) is 0 Å². The number of fused-ring (bicyclic) bond motifs is 1. The number of nitrogens with one attached hydrogen (secondary N) is 2. The van der Waals surface area contributed by atoms with Crippen molar-refractivity contribution in [2.75, 3.05) is 10.6 Å². The molecule has 3 aromatic rings. The number of phenols is 1. The fourth-order valence-electron chi connectivity index (χ4n) is 5.68. The summed E-state index contributed by atoms with van der Waals surface area (Å²) in [6.45, 7) is 12.6. The fraction of sp³-hybridized carbons (Fsp3) is 0.364. The van der Waals surface area contributed by atoms with Crippen LogP contribution in [-0.2, 0) is 15.6 Å². The van der Waals surface area contributed by atoms with Gasteiger partial charge in [0.05, 0.1) is 17.4 Å². The second kappa shape index (κ2) is 9.30. The highest BCUT2D eigenvalue weighted by Gasteiger charge is 2.37. The molecule has 3 N–H and O–H groups in total. The van der Waals surface area contributed by atoms with E-state index in [1.54, 1.807) is 12.1 Å². The van der Waals surface area contributed by atoms with Crippen molar-refractivity contribution < 1.29 is 14.3 Å². The molecule has 5 rings (SSSR count). The van der Waals surface area contributed by atoms with Crippen LogP contribution in [0, 0.1) is 5.82 Å². The average Bonchev–Trinajstić information content (AvgIpc) is 3.00. The molecule has 0 fully saturated rings. The maximum absolute atomic E-state index is 13.9. The Morgan fingerprint density at radius 2 is 1.39 bits per heavy atom. The Bertz CT molecular complexity index is 1390. The summed E-state index contributed by atoms with van der Waals surface area (Å²) >= 11 is 0. The first-order valence-corrected chi connectivity index (χ1v) is 13.3. The van der Waals surface area contributed by atoms with Gasteiger partial charge in [0, 0.05) is 17.7 Å². The summed E-state index contributed by atoms with van der Waals surface area (Å²) in [7, 11) is 0. The molecule has 1 aliphatic carbocycles. The molecule has 38 heavy (non-hydrogen) atoms. The third kappa shape index (κ3) is 4.82. The Kier molecular flexibility index (Phi) is 6.37. The molecule has 0 spiro atoms. The van der Waals surface area contributed by atoms with Crippen LogP contribution in [-0.4, -0.2) is 10.9 Å². The number of aromatic hydroxyl groups is 1. The van der Waals surface area contributed by atoms with Gasteiger partial charge in [-0.2, -0.15) is 0 Å². The van der Waals surface area contributed by atoms with E-state index in [1.165, 1.54) is 12.1 Å².